The van der Waals surface area contributed by atoms with Crippen molar-refractivity contribution in [3.63, 3.8) is 0 Å². The van der Waals surface area contributed by atoms with Gasteiger partial charge in [0.15, 0.2) is 0 Å². The summed E-state index contributed by atoms with van der Waals surface area (Å²) in [6.07, 6.45) is 1.79. The molecule has 0 aliphatic heterocycles. The van der Waals surface area contributed by atoms with Crippen LogP contribution >= 0.6 is 33.9 Å². The zero-order chi connectivity index (χ0) is 13.8. The Morgan fingerprint density at radius 1 is 1.10 bits per heavy atom. The van der Waals surface area contributed by atoms with Gasteiger partial charge in [0.05, 0.1) is 17.9 Å². The minimum Gasteiger partial charge on any atom is -0.379 e. The van der Waals surface area contributed by atoms with Crippen LogP contribution in [0.25, 0.3) is 10.7 Å². The zero-order valence-corrected chi connectivity index (χ0v) is 13.6. The summed E-state index contributed by atoms with van der Waals surface area (Å²) in [5.41, 5.74) is 3.07. The van der Waals surface area contributed by atoms with Gasteiger partial charge >= 0.3 is 0 Å². The normalized spacial score (nSPS) is 10.4. The number of rotatable bonds is 4. The molecule has 0 radical (unpaired) electrons. The fraction of sp³-hybridized carbons (Fsp3) is 0.0667. The maximum Gasteiger partial charge on any atom is 0.142 e. The average Bonchev–Trinajstić information content (AvgIpc) is 2.97. The number of hydrogen-bond acceptors (Lipinski definition) is 4. The molecule has 0 saturated heterocycles. The number of halogens is 1. The van der Waals surface area contributed by atoms with Crippen LogP contribution in [0, 0.1) is 3.57 Å². The molecule has 0 bridgehead atoms. The lowest BCUT2D eigenvalue weighted by molar-refractivity contribution is 1.07. The van der Waals surface area contributed by atoms with Crippen molar-refractivity contribution in [1.82, 2.24) is 9.97 Å². The molecule has 2 aromatic heterocycles. The topological polar surface area (TPSA) is 37.8 Å². The first-order valence-corrected chi connectivity index (χ1v) is 8.12. The zero-order valence-electron chi connectivity index (χ0n) is 10.6. The van der Waals surface area contributed by atoms with Crippen molar-refractivity contribution in [2.75, 3.05) is 5.32 Å². The molecule has 3 nitrogen and oxygen atoms in total. The summed E-state index contributed by atoms with van der Waals surface area (Å²) in [6.45, 7) is 0.726. The predicted octanol–water partition coefficient (Wildman–Crippen LogP) is 4.42. The van der Waals surface area contributed by atoms with Crippen molar-refractivity contribution in [2.45, 2.75) is 6.54 Å². The molecule has 0 saturated carbocycles. The van der Waals surface area contributed by atoms with E-state index in [4.69, 9.17) is 0 Å². The standard InChI is InChI=1S/C15H12IN3S/c16-11-4-6-12(7-5-11)18-9-13-10-20-15(19-13)14-3-1-2-8-17-14/h1-8,10,18H,9H2. The van der Waals surface area contributed by atoms with Gasteiger partial charge in [-0.2, -0.15) is 0 Å². The van der Waals surface area contributed by atoms with Crippen molar-refractivity contribution in [1.29, 1.82) is 0 Å². The van der Waals surface area contributed by atoms with Crippen LogP contribution in [0.3, 0.4) is 0 Å². The van der Waals surface area contributed by atoms with Gasteiger partial charge in [0.2, 0.25) is 0 Å². The molecule has 1 N–H and O–H groups in total. The first-order chi connectivity index (χ1) is 9.81. The van der Waals surface area contributed by atoms with Crippen LogP contribution in [0.1, 0.15) is 5.69 Å². The first kappa shape index (κ1) is 13.5. The average molecular weight is 393 g/mol. The second-order valence-corrected chi connectivity index (χ2v) is 6.32. The number of nitrogens with one attached hydrogen (secondary N) is 1. The van der Waals surface area contributed by atoms with E-state index in [1.165, 1.54) is 3.57 Å². The van der Waals surface area contributed by atoms with E-state index in [2.05, 4.69) is 67.5 Å². The molecular formula is C15H12IN3S. The summed E-state index contributed by atoms with van der Waals surface area (Å²) in [7, 11) is 0. The lowest BCUT2D eigenvalue weighted by Crippen LogP contribution is -1.99. The van der Waals surface area contributed by atoms with Gasteiger partial charge in [-0.3, -0.25) is 4.98 Å². The highest BCUT2D eigenvalue weighted by atomic mass is 127. The number of aromatic nitrogens is 2. The summed E-state index contributed by atoms with van der Waals surface area (Å²) < 4.78 is 1.24. The fourth-order valence-electron chi connectivity index (χ4n) is 1.76. The molecule has 0 aliphatic carbocycles. The third-order valence-electron chi connectivity index (χ3n) is 2.75. The second kappa shape index (κ2) is 6.32. The molecule has 0 spiro atoms. The Labute approximate surface area is 135 Å². The van der Waals surface area contributed by atoms with E-state index in [1.54, 1.807) is 17.5 Å². The SMILES string of the molecule is Ic1ccc(NCc2csc(-c3ccccn3)n2)cc1. The highest BCUT2D eigenvalue weighted by Gasteiger charge is 2.05. The summed E-state index contributed by atoms with van der Waals surface area (Å²) in [4.78, 5) is 8.92. The maximum atomic E-state index is 4.61. The molecule has 1 aromatic carbocycles. The van der Waals surface area contributed by atoms with Gasteiger partial charge in [0, 0.05) is 20.8 Å². The van der Waals surface area contributed by atoms with Crippen LogP contribution in [0.15, 0.2) is 54.0 Å². The molecule has 5 heteroatoms. The van der Waals surface area contributed by atoms with Crippen molar-refractivity contribution in [3.8, 4) is 10.7 Å². The first-order valence-electron chi connectivity index (χ1n) is 6.16. The fourth-order valence-corrected chi connectivity index (χ4v) is 2.91. The summed E-state index contributed by atoms with van der Waals surface area (Å²) in [6, 6.07) is 14.2. The molecule has 2 heterocycles. The highest BCUT2D eigenvalue weighted by Crippen LogP contribution is 2.22. The van der Waals surface area contributed by atoms with E-state index < -0.39 is 0 Å². The smallest absolute Gasteiger partial charge is 0.142 e. The monoisotopic (exact) mass is 393 g/mol. The quantitative estimate of drug-likeness (QED) is 0.667. The molecular weight excluding hydrogens is 381 g/mol. The van der Waals surface area contributed by atoms with E-state index in [9.17, 15) is 0 Å². The molecule has 3 rings (SSSR count). The Morgan fingerprint density at radius 3 is 2.70 bits per heavy atom. The van der Waals surface area contributed by atoms with Gasteiger partial charge in [0.1, 0.15) is 5.01 Å². The van der Waals surface area contributed by atoms with Crippen molar-refractivity contribution in [2.24, 2.45) is 0 Å². The molecule has 100 valence electrons. The number of nitrogens with zero attached hydrogens (tertiary/aromatic N) is 2. The summed E-state index contributed by atoms with van der Waals surface area (Å²) >= 11 is 3.93. The van der Waals surface area contributed by atoms with E-state index in [0.29, 0.717) is 0 Å². The Hall–Kier alpha value is -1.47. The predicted molar refractivity (Wildman–Crippen MR) is 91.8 cm³/mol. The maximum absolute atomic E-state index is 4.61. The Kier molecular flexibility index (Phi) is 4.27. The number of hydrogen-bond donors (Lipinski definition) is 1. The number of anilines is 1. The van der Waals surface area contributed by atoms with E-state index >= 15 is 0 Å². The van der Waals surface area contributed by atoms with Crippen molar-refractivity contribution in [3.05, 3.63) is 63.3 Å². The van der Waals surface area contributed by atoms with Gasteiger partial charge in [-0.1, -0.05) is 6.07 Å². The van der Waals surface area contributed by atoms with Crippen LogP contribution in [0.2, 0.25) is 0 Å². The van der Waals surface area contributed by atoms with Gasteiger partial charge in [-0.25, -0.2) is 4.98 Å². The summed E-state index contributed by atoms with van der Waals surface area (Å²) in [5, 5.41) is 6.41. The van der Waals surface area contributed by atoms with Crippen LogP contribution in [-0.4, -0.2) is 9.97 Å². The Morgan fingerprint density at radius 2 is 1.95 bits per heavy atom. The largest absolute Gasteiger partial charge is 0.379 e. The third-order valence-corrected chi connectivity index (χ3v) is 4.39. The van der Waals surface area contributed by atoms with Crippen molar-refractivity contribution < 1.29 is 0 Å². The van der Waals surface area contributed by atoms with Crippen molar-refractivity contribution >= 4 is 39.6 Å². The van der Waals surface area contributed by atoms with Crippen LogP contribution in [-0.2, 0) is 6.54 Å². The minimum atomic E-state index is 0.726. The molecule has 0 fully saturated rings. The molecule has 3 aromatic rings. The highest BCUT2D eigenvalue weighted by molar-refractivity contribution is 14.1. The Balaban J connectivity index is 1.67. The van der Waals surface area contributed by atoms with Gasteiger partial charge < -0.3 is 5.32 Å². The van der Waals surface area contributed by atoms with Crippen LogP contribution in [0.4, 0.5) is 5.69 Å². The third kappa shape index (κ3) is 3.34. The second-order valence-electron chi connectivity index (χ2n) is 4.22. The minimum absolute atomic E-state index is 0.726. The number of thiazole rings is 1. The van der Waals surface area contributed by atoms with Crippen LogP contribution in [0.5, 0.6) is 0 Å². The lowest BCUT2D eigenvalue weighted by Gasteiger charge is -2.03. The summed E-state index contributed by atoms with van der Waals surface area (Å²) in [5.74, 6) is 0. The van der Waals surface area contributed by atoms with Gasteiger partial charge in [0.25, 0.3) is 0 Å². The van der Waals surface area contributed by atoms with Crippen LogP contribution < -0.4 is 5.32 Å². The molecule has 0 aliphatic rings. The number of benzene rings is 1. The lowest BCUT2D eigenvalue weighted by atomic mass is 10.3. The molecule has 20 heavy (non-hydrogen) atoms. The van der Waals surface area contributed by atoms with Gasteiger partial charge in [-0.05, 0) is 59.0 Å². The van der Waals surface area contributed by atoms with Gasteiger partial charge in [-0.15, -0.1) is 11.3 Å². The van der Waals surface area contributed by atoms with E-state index in [0.717, 1.165) is 28.6 Å². The van der Waals surface area contributed by atoms with E-state index in [-0.39, 0.29) is 0 Å². The number of pyridine rings is 1. The molecule has 0 unspecified atom stereocenters. The van der Waals surface area contributed by atoms with E-state index in [1.807, 2.05) is 18.2 Å². The Bertz CT molecular complexity index is 680. The molecule has 0 atom stereocenters. The molecule has 0 amide bonds.